The fraction of sp³-hybridized carbons (Fsp3) is 0.130. The molecule has 2 heterocycles. The highest BCUT2D eigenvalue weighted by molar-refractivity contribution is 6.33. The number of nitrogens with zero attached hydrogens (tertiary/aromatic N) is 2. The largest absolute Gasteiger partial charge is 0.461 e. The lowest BCUT2D eigenvalue weighted by molar-refractivity contribution is 0.0517. The number of carbonyl (C=O) groups is 2. The number of aromatic amines is 1. The van der Waals surface area contributed by atoms with Crippen LogP contribution in [0.2, 0.25) is 5.02 Å². The fourth-order valence-electron chi connectivity index (χ4n) is 3.25. The molecule has 0 radical (unpaired) electrons. The molecule has 0 fully saturated rings. The molecule has 2 aromatic carbocycles. The van der Waals surface area contributed by atoms with Gasteiger partial charge in [0.05, 0.1) is 28.4 Å². The van der Waals surface area contributed by atoms with E-state index >= 15 is 0 Å². The lowest BCUT2D eigenvalue weighted by atomic mass is 10.2. The van der Waals surface area contributed by atoms with Gasteiger partial charge in [-0.3, -0.25) is 4.79 Å². The number of urea groups is 1. The van der Waals surface area contributed by atoms with Gasteiger partial charge in [-0.1, -0.05) is 17.7 Å². The summed E-state index contributed by atoms with van der Waals surface area (Å²) in [6, 6.07) is 10.0. The van der Waals surface area contributed by atoms with Gasteiger partial charge in [0.25, 0.3) is 5.56 Å². The molecule has 0 aliphatic rings. The number of hydrogen-bond acceptors (Lipinski definition) is 5. The van der Waals surface area contributed by atoms with Gasteiger partial charge in [0, 0.05) is 24.6 Å². The number of halogens is 2. The predicted molar refractivity (Wildman–Crippen MR) is 125 cm³/mol. The molecule has 0 aliphatic carbocycles. The summed E-state index contributed by atoms with van der Waals surface area (Å²) in [6.07, 6.45) is 3.50. The first kappa shape index (κ1) is 23.0. The Kier molecular flexibility index (Phi) is 6.60. The van der Waals surface area contributed by atoms with Crippen LogP contribution < -0.4 is 16.2 Å². The zero-order valence-corrected chi connectivity index (χ0v) is 18.6. The van der Waals surface area contributed by atoms with E-state index in [1.807, 2.05) is 0 Å². The fourth-order valence-corrected chi connectivity index (χ4v) is 3.51. The molecule has 0 saturated heterocycles. The van der Waals surface area contributed by atoms with E-state index in [9.17, 15) is 18.8 Å². The number of anilines is 1. The zero-order valence-electron chi connectivity index (χ0n) is 17.9. The average molecular weight is 484 g/mol. The third-order valence-electron chi connectivity index (χ3n) is 4.80. The van der Waals surface area contributed by atoms with Gasteiger partial charge in [0.15, 0.2) is 0 Å². The Bertz CT molecular complexity index is 1450. The van der Waals surface area contributed by atoms with Gasteiger partial charge in [-0.05, 0) is 48.9 Å². The van der Waals surface area contributed by atoms with Crippen LogP contribution in [-0.4, -0.2) is 33.1 Å². The van der Waals surface area contributed by atoms with Crippen molar-refractivity contribution in [1.82, 2.24) is 19.9 Å². The first-order valence-corrected chi connectivity index (χ1v) is 10.6. The van der Waals surface area contributed by atoms with Gasteiger partial charge in [-0.25, -0.2) is 19.0 Å². The second-order valence-corrected chi connectivity index (χ2v) is 7.61. The van der Waals surface area contributed by atoms with Crippen molar-refractivity contribution in [2.45, 2.75) is 13.5 Å². The molecule has 4 aromatic rings. The van der Waals surface area contributed by atoms with Gasteiger partial charge < -0.3 is 24.9 Å². The molecule has 2 aromatic heterocycles. The van der Waals surface area contributed by atoms with Gasteiger partial charge in [-0.2, -0.15) is 0 Å². The second-order valence-electron chi connectivity index (χ2n) is 7.20. The minimum atomic E-state index is -0.812. The lowest BCUT2D eigenvalue weighted by Crippen LogP contribution is -2.28. The normalized spacial score (nSPS) is 10.8. The number of nitrogens with one attached hydrogen (secondary N) is 3. The summed E-state index contributed by atoms with van der Waals surface area (Å²) in [6.45, 7) is 1.96. The zero-order chi connectivity index (χ0) is 24.2. The van der Waals surface area contributed by atoms with Crippen LogP contribution in [0.15, 0.2) is 59.7 Å². The van der Waals surface area contributed by atoms with Crippen molar-refractivity contribution in [3.63, 3.8) is 0 Å². The number of rotatable bonds is 6. The molecule has 4 rings (SSSR count). The molecule has 34 heavy (non-hydrogen) atoms. The van der Waals surface area contributed by atoms with Crippen LogP contribution in [0, 0.1) is 5.82 Å². The highest BCUT2D eigenvalue weighted by Gasteiger charge is 2.16. The number of carbonyl (C=O) groups excluding carboxylic acids is 2. The molecule has 11 heteroatoms. The number of amides is 2. The van der Waals surface area contributed by atoms with E-state index in [4.69, 9.17) is 16.3 Å². The maximum Gasteiger partial charge on any atom is 0.362 e. The Morgan fingerprint density at radius 1 is 1.24 bits per heavy atom. The van der Waals surface area contributed by atoms with E-state index < -0.39 is 23.4 Å². The van der Waals surface area contributed by atoms with Crippen molar-refractivity contribution in [3.8, 4) is 5.69 Å². The van der Waals surface area contributed by atoms with Crippen LogP contribution in [0.1, 0.15) is 23.0 Å². The molecule has 0 saturated carbocycles. The number of H-pyrrole nitrogens is 1. The van der Waals surface area contributed by atoms with Crippen LogP contribution in [0.25, 0.3) is 16.7 Å². The van der Waals surface area contributed by atoms with E-state index in [0.717, 1.165) is 5.56 Å². The molecular weight excluding hydrogens is 465 g/mol. The Morgan fingerprint density at radius 2 is 2.06 bits per heavy atom. The van der Waals surface area contributed by atoms with E-state index in [-0.39, 0.29) is 18.8 Å². The Balaban J connectivity index is 1.52. The first-order chi connectivity index (χ1) is 16.3. The third kappa shape index (κ3) is 5.07. The molecule has 0 unspecified atom stereocenters. The highest BCUT2D eigenvalue weighted by Crippen LogP contribution is 2.25. The summed E-state index contributed by atoms with van der Waals surface area (Å²) < 4.78 is 19.8. The van der Waals surface area contributed by atoms with E-state index in [2.05, 4.69) is 20.6 Å². The molecular formula is C23H19ClFN5O4. The highest BCUT2D eigenvalue weighted by atomic mass is 35.5. The quantitative estimate of drug-likeness (QED) is 0.358. The van der Waals surface area contributed by atoms with E-state index in [1.54, 1.807) is 48.1 Å². The van der Waals surface area contributed by atoms with Crippen LogP contribution in [-0.2, 0) is 11.3 Å². The minimum Gasteiger partial charge on any atom is -0.461 e. The van der Waals surface area contributed by atoms with Crippen LogP contribution >= 0.6 is 11.6 Å². The van der Waals surface area contributed by atoms with Crippen molar-refractivity contribution in [3.05, 3.63) is 87.3 Å². The maximum absolute atomic E-state index is 13.2. The van der Waals surface area contributed by atoms with Crippen LogP contribution in [0.5, 0.6) is 0 Å². The number of benzene rings is 2. The topological polar surface area (TPSA) is 118 Å². The molecule has 2 amide bonds. The molecule has 0 spiro atoms. The SMILES string of the molecule is CCOC(=O)c1nc2cc(-n3ccc(CNC(=O)Nc4cccc(F)c4)c3)c(Cl)cc2[nH]c1=O. The third-order valence-corrected chi connectivity index (χ3v) is 5.10. The minimum absolute atomic E-state index is 0.115. The van der Waals surface area contributed by atoms with Gasteiger partial charge >= 0.3 is 12.0 Å². The maximum atomic E-state index is 13.2. The van der Waals surface area contributed by atoms with Crippen molar-refractivity contribution < 1.29 is 18.7 Å². The Hall–Kier alpha value is -4.18. The van der Waals surface area contributed by atoms with Gasteiger partial charge in [0.1, 0.15) is 5.82 Å². The smallest absolute Gasteiger partial charge is 0.362 e. The molecule has 3 N–H and O–H groups in total. The second kappa shape index (κ2) is 9.75. The number of esters is 1. The summed E-state index contributed by atoms with van der Waals surface area (Å²) in [7, 11) is 0. The van der Waals surface area contributed by atoms with Crippen molar-refractivity contribution in [2.24, 2.45) is 0 Å². The lowest BCUT2D eigenvalue weighted by Gasteiger charge is -2.09. The summed E-state index contributed by atoms with van der Waals surface area (Å²) in [4.78, 5) is 43.0. The summed E-state index contributed by atoms with van der Waals surface area (Å²) in [5.74, 6) is -1.26. The van der Waals surface area contributed by atoms with Crippen molar-refractivity contribution >= 4 is 40.3 Å². The predicted octanol–water partition coefficient (Wildman–Crippen LogP) is 4.00. The van der Waals surface area contributed by atoms with Crippen LogP contribution in [0.4, 0.5) is 14.9 Å². The van der Waals surface area contributed by atoms with Crippen molar-refractivity contribution in [1.29, 1.82) is 0 Å². The Morgan fingerprint density at radius 3 is 2.82 bits per heavy atom. The molecule has 0 bridgehead atoms. The van der Waals surface area contributed by atoms with E-state index in [1.165, 1.54) is 18.2 Å². The summed E-state index contributed by atoms with van der Waals surface area (Å²) in [5, 5.41) is 5.59. The number of fused-ring (bicyclic) bond motifs is 1. The van der Waals surface area contributed by atoms with E-state index in [0.29, 0.717) is 27.4 Å². The van der Waals surface area contributed by atoms with Gasteiger partial charge in [0.2, 0.25) is 5.69 Å². The summed E-state index contributed by atoms with van der Waals surface area (Å²) in [5.41, 5.74) is 1.38. The number of aromatic nitrogens is 3. The standard InChI is InChI=1S/C23H19ClFN5O4/c1-2-34-22(32)20-21(31)29-17-9-16(24)19(10-18(17)28-20)30-7-6-13(12-30)11-26-23(33)27-15-5-3-4-14(25)8-15/h3-10,12H,2,11H2,1H3,(H,29,31)(H2,26,27,33). The molecule has 0 atom stereocenters. The molecule has 0 aliphatic heterocycles. The monoisotopic (exact) mass is 483 g/mol. The first-order valence-electron chi connectivity index (χ1n) is 10.2. The van der Waals surface area contributed by atoms with Crippen LogP contribution in [0.3, 0.4) is 0 Å². The Labute approximate surface area is 197 Å². The molecule has 9 nitrogen and oxygen atoms in total. The number of ether oxygens (including phenoxy) is 1. The van der Waals surface area contributed by atoms with Gasteiger partial charge in [-0.15, -0.1) is 0 Å². The summed E-state index contributed by atoms with van der Waals surface area (Å²) >= 11 is 6.41. The van der Waals surface area contributed by atoms with Crippen molar-refractivity contribution in [2.75, 3.05) is 11.9 Å². The molecule has 174 valence electrons. The number of hydrogen-bond donors (Lipinski definition) is 3. The average Bonchev–Trinajstić information content (AvgIpc) is 3.26.